The number of hydrogen-bond acceptors (Lipinski definition) is 3. The van der Waals surface area contributed by atoms with Gasteiger partial charge in [0.15, 0.2) is 0 Å². The summed E-state index contributed by atoms with van der Waals surface area (Å²) in [4.78, 5) is 9.29. The molecule has 5 heteroatoms. The third kappa shape index (κ3) is 8.76. The molecule has 3 nitrogen and oxygen atoms in total. The predicted octanol–water partition coefficient (Wildman–Crippen LogP) is 11.5. The smallest absolute Gasteiger partial charge is 0.124 e. The Balaban J connectivity index is 0.000000204. The minimum absolute atomic E-state index is 0. The molecule has 0 saturated carbocycles. The van der Waals surface area contributed by atoms with Gasteiger partial charge in [-0.2, -0.15) is 0 Å². The van der Waals surface area contributed by atoms with Crippen LogP contribution in [-0.4, -0.2) is 18.0 Å². The van der Waals surface area contributed by atoms with Crippen LogP contribution in [0.2, 0.25) is 19.6 Å². The summed E-state index contributed by atoms with van der Waals surface area (Å²) in [6.45, 7) is 16.1. The zero-order chi connectivity index (χ0) is 34.5. The average Bonchev–Trinajstić information content (AvgIpc) is 3.47. The van der Waals surface area contributed by atoms with Crippen molar-refractivity contribution in [3.63, 3.8) is 0 Å². The zero-order valence-electron chi connectivity index (χ0n) is 30.2. The van der Waals surface area contributed by atoms with Crippen molar-refractivity contribution in [3.8, 4) is 22.5 Å². The van der Waals surface area contributed by atoms with Gasteiger partial charge in [0.2, 0.25) is 0 Å². The van der Waals surface area contributed by atoms with Crippen LogP contribution in [-0.2, 0) is 32.9 Å². The van der Waals surface area contributed by atoms with Gasteiger partial charge in [0, 0.05) is 37.9 Å². The van der Waals surface area contributed by atoms with Crippen LogP contribution in [0, 0.1) is 18.1 Å². The van der Waals surface area contributed by atoms with Crippen LogP contribution in [0.15, 0.2) is 120 Å². The molecule has 257 valence electrons. The van der Waals surface area contributed by atoms with E-state index in [9.17, 15) is 0 Å². The van der Waals surface area contributed by atoms with E-state index in [2.05, 4.69) is 148 Å². The summed E-state index contributed by atoms with van der Waals surface area (Å²) < 4.78 is 6.19. The van der Waals surface area contributed by atoms with E-state index in [4.69, 9.17) is 4.42 Å². The minimum atomic E-state index is -1.34. The topological polar surface area (TPSA) is 38.9 Å². The molecule has 0 aliphatic rings. The van der Waals surface area contributed by atoms with Gasteiger partial charge in [0.05, 0.1) is 13.7 Å². The number of para-hydroxylation sites is 1. The van der Waals surface area contributed by atoms with E-state index in [1.54, 1.807) is 0 Å². The third-order valence-electron chi connectivity index (χ3n) is 8.84. The molecule has 0 unspecified atom stereocenters. The van der Waals surface area contributed by atoms with Crippen molar-refractivity contribution in [2.75, 3.05) is 0 Å². The Morgan fingerprint density at radius 2 is 1.48 bits per heavy atom. The maximum Gasteiger partial charge on any atom is 0.124 e. The second kappa shape index (κ2) is 16.2. The Morgan fingerprint density at radius 1 is 0.720 bits per heavy atom. The van der Waals surface area contributed by atoms with Gasteiger partial charge in [-0.3, -0.25) is 0 Å². The van der Waals surface area contributed by atoms with E-state index < -0.39 is 8.07 Å². The standard InChI is InChI=1S/C27H22NO.C18H24NSi.Ir/c1-18(2)22-9-6-10-23-24-17-21(11-12-26(24)29-27(22)23)25-16-20(13-14-28-25)15-19-7-4-3-5-8-19;1-14(2)11-16-12-17(15-9-7-6-8-10-15)19-13-18(16)20(3,4)5;/h3-10,12-14,16-18H,15H2,1-2H3;6-9,12-14H,11H2,1-5H3;/q2*-1;. The van der Waals surface area contributed by atoms with Crippen molar-refractivity contribution in [2.24, 2.45) is 5.92 Å². The Hall–Kier alpha value is -4.15. The molecule has 0 spiro atoms. The molecule has 0 fully saturated rings. The molecule has 7 aromatic rings. The quantitative estimate of drug-likeness (QED) is 0.113. The van der Waals surface area contributed by atoms with Gasteiger partial charge in [-0.05, 0) is 64.0 Å². The first-order valence-corrected chi connectivity index (χ1v) is 20.9. The fourth-order valence-electron chi connectivity index (χ4n) is 6.41. The molecule has 50 heavy (non-hydrogen) atoms. The van der Waals surface area contributed by atoms with Gasteiger partial charge in [-0.25, -0.2) is 0 Å². The fraction of sp³-hybridized carbons (Fsp3) is 0.244. The molecule has 0 N–H and O–H groups in total. The van der Waals surface area contributed by atoms with Gasteiger partial charge < -0.3 is 14.4 Å². The maximum atomic E-state index is 6.19. The second-order valence-electron chi connectivity index (χ2n) is 14.7. The van der Waals surface area contributed by atoms with Crippen molar-refractivity contribution in [2.45, 2.75) is 66.1 Å². The van der Waals surface area contributed by atoms with E-state index >= 15 is 0 Å². The molecule has 0 amide bonds. The van der Waals surface area contributed by atoms with Gasteiger partial charge in [0.25, 0.3) is 0 Å². The van der Waals surface area contributed by atoms with E-state index in [1.807, 2.05) is 36.5 Å². The normalized spacial score (nSPS) is 11.5. The second-order valence-corrected chi connectivity index (χ2v) is 19.7. The number of hydrogen-bond donors (Lipinski definition) is 0. The van der Waals surface area contributed by atoms with Crippen LogP contribution in [0.5, 0.6) is 0 Å². The third-order valence-corrected chi connectivity index (χ3v) is 10.9. The predicted molar refractivity (Wildman–Crippen MR) is 209 cm³/mol. The van der Waals surface area contributed by atoms with Crippen molar-refractivity contribution < 1.29 is 24.5 Å². The number of benzene rings is 4. The summed E-state index contributed by atoms with van der Waals surface area (Å²) in [6, 6.07) is 42.2. The van der Waals surface area contributed by atoms with Crippen molar-refractivity contribution in [1.29, 1.82) is 0 Å². The molecule has 0 aliphatic heterocycles. The summed E-state index contributed by atoms with van der Waals surface area (Å²) in [5.41, 5.74) is 11.2. The molecule has 4 aromatic carbocycles. The summed E-state index contributed by atoms with van der Waals surface area (Å²) in [5.74, 6) is 1.08. The summed E-state index contributed by atoms with van der Waals surface area (Å²) >= 11 is 0. The minimum Gasteiger partial charge on any atom is -0.500 e. The van der Waals surface area contributed by atoms with Crippen LogP contribution in [0.4, 0.5) is 0 Å². The number of pyridine rings is 2. The summed E-state index contributed by atoms with van der Waals surface area (Å²) in [7, 11) is -1.34. The number of aromatic nitrogens is 2. The molecule has 0 bridgehead atoms. The Bertz CT molecular complexity index is 2170. The van der Waals surface area contributed by atoms with E-state index in [0.29, 0.717) is 11.8 Å². The summed E-state index contributed by atoms with van der Waals surface area (Å²) in [5, 5.41) is 3.76. The average molecular weight is 851 g/mol. The molecule has 0 saturated heterocycles. The fourth-order valence-corrected chi connectivity index (χ4v) is 8.00. The van der Waals surface area contributed by atoms with Crippen LogP contribution < -0.4 is 5.19 Å². The number of fused-ring (bicyclic) bond motifs is 3. The number of nitrogens with zero attached hydrogens (tertiary/aromatic N) is 2. The van der Waals surface area contributed by atoms with Crippen LogP contribution in [0.25, 0.3) is 44.5 Å². The van der Waals surface area contributed by atoms with Gasteiger partial charge >= 0.3 is 0 Å². The van der Waals surface area contributed by atoms with Crippen LogP contribution >= 0.6 is 0 Å². The molecule has 3 heterocycles. The Morgan fingerprint density at radius 3 is 2.18 bits per heavy atom. The largest absolute Gasteiger partial charge is 0.500 e. The van der Waals surface area contributed by atoms with E-state index in [-0.39, 0.29) is 20.1 Å². The first kappa shape index (κ1) is 37.1. The van der Waals surface area contributed by atoms with Gasteiger partial charge in [0.1, 0.15) is 5.58 Å². The number of rotatable bonds is 8. The molecular formula is C45H46IrN2OSi-2. The maximum absolute atomic E-state index is 6.19. The van der Waals surface area contributed by atoms with Crippen molar-refractivity contribution in [1.82, 2.24) is 9.97 Å². The Kier molecular flexibility index (Phi) is 12.1. The van der Waals surface area contributed by atoms with Crippen LogP contribution in [0.3, 0.4) is 0 Å². The molecule has 3 aromatic heterocycles. The van der Waals surface area contributed by atoms with Crippen molar-refractivity contribution >= 4 is 35.2 Å². The zero-order valence-corrected chi connectivity index (χ0v) is 33.6. The van der Waals surface area contributed by atoms with E-state index in [1.165, 1.54) is 27.4 Å². The number of furan rings is 1. The molecule has 1 radical (unpaired) electrons. The summed E-state index contributed by atoms with van der Waals surface area (Å²) in [6.07, 6.45) is 6.02. The van der Waals surface area contributed by atoms with Crippen molar-refractivity contribution in [3.05, 3.63) is 150 Å². The SMILES string of the molecule is CC(C)Cc1cc(-c2[c-]cccc2)ncc1[Si](C)(C)C.CC(C)c1cccc2c1oc1c[c-]c(-c3cc(Cc4ccccc4)ccn3)cc12.[Ir]. The molecule has 0 aliphatic carbocycles. The molecular weight excluding hydrogens is 805 g/mol. The monoisotopic (exact) mass is 851 g/mol. The van der Waals surface area contributed by atoms with Gasteiger partial charge in [-0.15, -0.1) is 59.7 Å². The Labute approximate surface area is 312 Å². The van der Waals surface area contributed by atoms with E-state index in [0.717, 1.165) is 57.3 Å². The molecule has 7 rings (SSSR count). The molecule has 0 atom stereocenters. The first-order valence-electron chi connectivity index (χ1n) is 17.4. The van der Waals surface area contributed by atoms with Gasteiger partial charge in [-0.1, -0.05) is 119 Å². The van der Waals surface area contributed by atoms with Crippen LogP contribution in [0.1, 0.15) is 55.9 Å². The first-order chi connectivity index (χ1) is 23.6.